The number of benzene rings is 3. The number of nitrogens with one attached hydrogen (secondary N) is 1. The number of anilines is 1. The van der Waals surface area contributed by atoms with Crippen molar-refractivity contribution in [2.75, 3.05) is 18.0 Å². The molecule has 0 bridgehead atoms. The molecular formula is C32H38ClN3O5S. The van der Waals surface area contributed by atoms with Crippen LogP contribution in [0.15, 0.2) is 77.7 Å². The number of rotatable bonds is 11. The summed E-state index contributed by atoms with van der Waals surface area (Å²) < 4.78 is 34.6. The molecule has 1 fully saturated rings. The molecule has 1 N–H and O–H groups in total. The third-order valence-corrected chi connectivity index (χ3v) is 9.65. The molecule has 0 saturated heterocycles. The quantitative estimate of drug-likeness (QED) is 0.299. The van der Waals surface area contributed by atoms with Gasteiger partial charge in [-0.2, -0.15) is 0 Å². The number of sulfonamides is 1. The lowest BCUT2D eigenvalue weighted by atomic mass is 9.95. The predicted octanol–water partition coefficient (Wildman–Crippen LogP) is 5.72. The van der Waals surface area contributed by atoms with Gasteiger partial charge in [0.25, 0.3) is 10.0 Å². The van der Waals surface area contributed by atoms with Crippen molar-refractivity contribution in [1.29, 1.82) is 0 Å². The van der Waals surface area contributed by atoms with Crippen LogP contribution in [0.1, 0.15) is 50.2 Å². The molecular weight excluding hydrogens is 574 g/mol. The zero-order valence-corrected chi connectivity index (χ0v) is 25.8. The van der Waals surface area contributed by atoms with Gasteiger partial charge in [0.15, 0.2) is 0 Å². The summed E-state index contributed by atoms with van der Waals surface area (Å²) in [5, 5.41) is 3.66. The van der Waals surface area contributed by atoms with E-state index in [1.165, 1.54) is 24.1 Å². The van der Waals surface area contributed by atoms with E-state index in [4.69, 9.17) is 16.3 Å². The number of nitrogens with zero attached hydrogens (tertiary/aromatic N) is 2. The maximum atomic E-state index is 14.1. The summed E-state index contributed by atoms with van der Waals surface area (Å²) in [5.74, 6) is -0.499. The van der Waals surface area contributed by atoms with E-state index >= 15 is 0 Å². The maximum Gasteiger partial charge on any atom is 0.264 e. The van der Waals surface area contributed by atoms with Gasteiger partial charge >= 0.3 is 0 Å². The molecule has 224 valence electrons. The first kappa shape index (κ1) is 31.4. The number of carbonyl (C=O) groups excluding carboxylic acids is 2. The number of para-hydroxylation sites is 2. The first-order chi connectivity index (χ1) is 20.1. The maximum absolute atomic E-state index is 14.1. The highest BCUT2D eigenvalue weighted by Crippen LogP contribution is 2.32. The number of hydrogen-bond donors (Lipinski definition) is 1. The van der Waals surface area contributed by atoms with E-state index in [0.29, 0.717) is 10.8 Å². The molecule has 10 heteroatoms. The Bertz CT molecular complexity index is 1470. The van der Waals surface area contributed by atoms with Crippen molar-refractivity contribution in [3.63, 3.8) is 0 Å². The molecule has 2 amide bonds. The highest BCUT2D eigenvalue weighted by atomic mass is 35.5. The Morgan fingerprint density at radius 3 is 2.26 bits per heavy atom. The normalized spacial score (nSPS) is 14.6. The van der Waals surface area contributed by atoms with Crippen LogP contribution in [0.3, 0.4) is 0 Å². The van der Waals surface area contributed by atoms with Crippen LogP contribution in [0.25, 0.3) is 0 Å². The van der Waals surface area contributed by atoms with Crippen LogP contribution >= 0.6 is 11.6 Å². The second kappa shape index (κ2) is 14.1. The van der Waals surface area contributed by atoms with E-state index in [2.05, 4.69) is 5.32 Å². The average Bonchev–Trinajstić information content (AvgIpc) is 2.99. The van der Waals surface area contributed by atoms with Crippen LogP contribution in [0.2, 0.25) is 5.02 Å². The topological polar surface area (TPSA) is 96.0 Å². The summed E-state index contributed by atoms with van der Waals surface area (Å²) in [4.78, 5) is 29.0. The highest BCUT2D eigenvalue weighted by Gasteiger charge is 2.34. The Morgan fingerprint density at radius 2 is 1.62 bits per heavy atom. The Balaban J connectivity index is 1.70. The summed E-state index contributed by atoms with van der Waals surface area (Å²) in [5.41, 5.74) is 1.88. The van der Waals surface area contributed by atoms with Gasteiger partial charge in [0.1, 0.15) is 18.3 Å². The van der Waals surface area contributed by atoms with E-state index in [-0.39, 0.29) is 29.1 Å². The van der Waals surface area contributed by atoms with Gasteiger partial charge in [-0.3, -0.25) is 13.9 Å². The van der Waals surface area contributed by atoms with E-state index in [1.807, 2.05) is 6.92 Å². The van der Waals surface area contributed by atoms with Crippen LogP contribution in [-0.2, 0) is 26.2 Å². The van der Waals surface area contributed by atoms with Crippen molar-refractivity contribution in [3.05, 3.63) is 88.9 Å². The van der Waals surface area contributed by atoms with Crippen molar-refractivity contribution < 1.29 is 22.7 Å². The molecule has 1 unspecified atom stereocenters. The molecule has 8 nitrogen and oxygen atoms in total. The van der Waals surface area contributed by atoms with Crippen molar-refractivity contribution in [2.45, 2.75) is 69.5 Å². The number of methoxy groups -OCH3 is 1. The summed E-state index contributed by atoms with van der Waals surface area (Å²) >= 11 is 6.09. The fourth-order valence-corrected chi connectivity index (χ4v) is 6.68. The molecule has 1 atom stereocenters. The zero-order valence-electron chi connectivity index (χ0n) is 24.3. The van der Waals surface area contributed by atoms with Crippen LogP contribution in [0.5, 0.6) is 5.75 Å². The number of halogens is 1. The largest absolute Gasteiger partial charge is 0.495 e. The Hall–Kier alpha value is -3.56. The lowest BCUT2D eigenvalue weighted by Gasteiger charge is -2.33. The molecule has 0 heterocycles. The van der Waals surface area contributed by atoms with Gasteiger partial charge in [0.05, 0.1) is 17.7 Å². The summed E-state index contributed by atoms with van der Waals surface area (Å²) in [6, 6.07) is 19.3. The van der Waals surface area contributed by atoms with Gasteiger partial charge in [0, 0.05) is 17.6 Å². The van der Waals surface area contributed by atoms with Crippen LogP contribution < -0.4 is 14.4 Å². The third-order valence-electron chi connectivity index (χ3n) is 7.63. The van der Waals surface area contributed by atoms with E-state index in [1.54, 1.807) is 67.6 Å². The van der Waals surface area contributed by atoms with Crippen LogP contribution in [-0.4, -0.2) is 50.9 Å². The molecule has 4 rings (SSSR count). The molecule has 1 aliphatic carbocycles. The molecule has 3 aromatic carbocycles. The second-order valence-corrected chi connectivity index (χ2v) is 13.0. The summed E-state index contributed by atoms with van der Waals surface area (Å²) in [7, 11) is -2.75. The molecule has 0 radical (unpaired) electrons. The third kappa shape index (κ3) is 7.63. The number of ether oxygens (including phenoxy) is 1. The minimum absolute atomic E-state index is 0.0409. The minimum Gasteiger partial charge on any atom is -0.495 e. The monoisotopic (exact) mass is 611 g/mol. The number of hydrogen-bond acceptors (Lipinski definition) is 5. The number of aryl methyl sites for hydroxylation is 1. The van der Waals surface area contributed by atoms with E-state index in [9.17, 15) is 18.0 Å². The smallest absolute Gasteiger partial charge is 0.264 e. The van der Waals surface area contributed by atoms with E-state index < -0.39 is 28.5 Å². The Morgan fingerprint density at radius 1 is 0.976 bits per heavy atom. The molecule has 0 aliphatic heterocycles. The van der Waals surface area contributed by atoms with Crippen molar-refractivity contribution >= 4 is 39.1 Å². The zero-order chi connectivity index (χ0) is 30.3. The SMILES string of the molecule is COc1ccccc1N(CC(=O)N(Cc1ccc(Cl)cc1)C(C)C(=O)NC1CCCCC1)S(=O)(=O)c1ccc(C)cc1. The average molecular weight is 612 g/mol. The Labute approximate surface area is 253 Å². The molecule has 1 aliphatic rings. The first-order valence-electron chi connectivity index (χ1n) is 14.2. The van der Waals surface area contributed by atoms with Gasteiger partial charge in [0.2, 0.25) is 11.8 Å². The molecule has 0 aromatic heterocycles. The Kier molecular flexibility index (Phi) is 10.5. The van der Waals surface area contributed by atoms with E-state index in [0.717, 1.165) is 47.5 Å². The van der Waals surface area contributed by atoms with Gasteiger partial charge in [-0.1, -0.05) is 72.8 Å². The van der Waals surface area contributed by atoms with Crippen LogP contribution in [0, 0.1) is 6.92 Å². The van der Waals surface area contributed by atoms with Gasteiger partial charge in [-0.05, 0) is 68.7 Å². The minimum atomic E-state index is -4.19. The van der Waals surface area contributed by atoms with Crippen LogP contribution in [0.4, 0.5) is 5.69 Å². The number of amides is 2. The fraction of sp³-hybridized carbons (Fsp3) is 0.375. The standard InChI is InChI=1S/C32H38ClN3O5S/c1-23-13-19-28(20-14-23)42(39,40)36(29-11-7-8-12-30(29)41-3)22-31(37)35(21-25-15-17-26(33)18-16-25)24(2)32(38)34-27-9-5-4-6-10-27/h7-8,11-20,24,27H,4-6,9-10,21-22H2,1-3H3,(H,34,38). The van der Waals surface area contributed by atoms with Gasteiger partial charge in [-0.25, -0.2) is 8.42 Å². The lowest BCUT2D eigenvalue weighted by molar-refractivity contribution is -0.139. The molecule has 1 saturated carbocycles. The highest BCUT2D eigenvalue weighted by molar-refractivity contribution is 7.92. The van der Waals surface area contributed by atoms with Gasteiger partial charge < -0.3 is 15.0 Å². The molecule has 3 aromatic rings. The molecule has 0 spiro atoms. The van der Waals surface area contributed by atoms with Crippen molar-refractivity contribution in [2.24, 2.45) is 0 Å². The van der Waals surface area contributed by atoms with Crippen molar-refractivity contribution in [1.82, 2.24) is 10.2 Å². The molecule has 42 heavy (non-hydrogen) atoms. The predicted molar refractivity (Wildman–Crippen MR) is 165 cm³/mol. The lowest BCUT2D eigenvalue weighted by Crippen LogP contribution is -2.53. The first-order valence-corrected chi connectivity index (χ1v) is 16.0. The van der Waals surface area contributed by atoms with Crippen molar-refractivity contribution in [3.8, 4) is 5.75 Å². The fourth-order valence-electron chi connectivity index (χ4n) is 5.12. The summed E-state index contributed by atoms with van der Waals surface area (Å²) in [6.07, 6.45) is 5.06. The van der Waals surface area contributed by atoms with Gasteiger partial charge in [-0.15, -0.1) is 0 Å². The second-order valence-electron chi connectivity index (χ2n) is 10.7. The number of carbonyl (C=O) groups is 2. The summed E-state index contributed by atoms with van der Waals surface area (Å²) in [6.45, 7) is 3.10.